The van der Waals surface area contributed by atoms with Crippen molar-refractivity contribution in [2.75, 3.05) is 18.0 Å². The summed E-state index contributed by atoms with van der Waals surface area (Å²) in [5.74, 6) is 0.950. The summed E-state index contributed by atoms with van der Waals surface area (Å²) < 4.78 is 27.7. The Bertz CT molecular complexity index is 818. The van der Waals surface area contributed by atoms with Gasteiger partial charge < -0.3 is 4.90 Å². The molecule has 0 spiro atoms. The highest BCUT2D eigenvalue weighted by Gasteiger charge is 2.25. The topological polar surface area (TPSA) is 62.3 Å². The van der Waals surface area contributed by atoms with Crippen LogP contribution in [0.1, 0.15) is 18.5 Å². The van der Waals surface area contributed by atoms with Gasteiger partial charge in [0.1, 0.15) is 5.82 Å². The molecule has 1 aromatic heterocycles. The van der Waals surface area contributed by atoms with Crippen LogP contribution in [-0.4, -0.2) is 32.5 Å². The summed E-state index contributed by atoms with van der Waals surface area (Å²) >= 11 is 5.89. The number of aromatic nitrogens is 1. The summed E-state index contributed by atoms with van der Waals surface area (Å²) in [7, 11) is -3.54. The Morgan fingerprint density at radius 1 is 1.17 bits per heavy atom. The molecule has 1 N–H and O–H groups in total. The van der Waals surface area contributed by atoms with Gasteiger partial charge in [-0.2, -0.15) is 0 Å². The highest BCUT2D eigenvalue weighted by Crippen LogP contribution is 2.21. The van der Waals surface area contributed by atoms with E-state index in [1.807, 2.05) is 25.1 Å². The molecule has 0 bridgehead atoms. The minimum atomic E-state index is -3.54. The Morgan fingerprint density at radius 3 is 2.54 bits per heavy atom. The van der Waals surface area contributed by atoms with Crippen LogP contribution in [0.5, 0.6) is 0 Å². The second-order valence-corrected chi connectivity index (χ2v) is 8.13. The number of sulfonamides is 1. The van der Waals surface area contributed by atoms with Crippen molar-refractivity contribution >= 4 is 27.4 Å². The summed E-state index contributed by atoms with van der Waals surface area (Å²) in [6.07, 6.45) is 1.49. The summed E-state index contributed by atoms with van der Waals surface area (Å²) in [6, 6.07) is 12.2. The lowest BCUT2D eigenvalue weighted by atomic mass is 10.1. The monoisotopic (exact) mass is 365 g/mol. The molecular formula is C17H20ClN3O2S. The standard InChI is InChI=1S/C17H20ClN3O2S/c1-13-4-2-7-17(19-13)21-10-8-15(9-11-21)20-24(22,23)16-6-3-5-14(18)12-16/h2-7,12,15,20H,8-11H2,1H3. The summed E-state index contributed by atoms with van der Waals surface area (Å²) in [5, 5.41) is 0.415. The fourth-order valence-electron chi connectivity index (χ4n) is 2.85. The third-order valence-electron chi connectivity index (χ3n) is 4.12. The fourth-order valence-corrected chi connectivity index (χ4v) is 4.46. The maximum Gasteiger partial charge on any atom is 0.240 e. The number of nitrogens with zero attached hydrogens (tertiary/aromatic N) is 2. The van der Waals surface area contributed by atoms with Crippen molar-refractivity contribution in [3.8, 4) is 0 Å². The summed E-state index contributed by atoms with van der Waals surface area (Å²) in [6.45, 7) is 3.52. The van der Waals surface area contributed by atoms with E-state index in [-0.39, 0.29) is 10.9 Å². The van der Waals surface area contributed by atoms with Gasteiger partial charge in [0.05, 0.1) is 4.90 Å². The van der Waals surface area contributed by atoms with E-state index >= 15 is 0 Å². The largest absolute Gasteiger partial charge is 0.356 e. The number of hydrogen-bond donors (Lipinski definition) is 1. The molecule has 7 heteroatoms. The molecule has 0 aliphatic carbocycles. The van der Waals surface area contributed by atoms with E-state index in [0.717, 1.165) is 37.4 Å². The molecule has 2 heterocycles. The van der Waals surface area contributed by atoms with Gasteiger partial charge in [0.25, 0.3) is 0 Å². The minimum absolute atomic E-state index is 0.0740. The maximum atomic E-state index is 12.5. The number of hydrogen-bond acceptors (Lipinski definition) is 4. The van der Waals surface area contributed by atoms with Gasteiger partial charge in [-0.3, -0.25) is 0 Å². The third kappa shape index (κ3) is 4.06. The number of piperidine rings is 1. The molecule has 1 saturated heterocycles. The Hall–Kier alpha value is -1.63. The molecule has 0 unspecified atom stereocenters. The van der Waals surface area contributed by atoms with Gasteiger partial charge in [0, 0.05) is 29.8 Å². The van der Waals surface area contributed by atoms with Crippen LogP contribution in [0.25, 0.3) is 0 Å². The van der Waals surface area contributed by atoms with Crippen LogP contribution in [0, 0.1) is 6.92 Å². The highest BCUT2D eigenvalue weighted by molar-refractivity contribution is 7.89. The molecule has 128 valence electrons. The number of aryl methyl sites for hydroxylation is 1. The lowest BCUT2D eigenvalue weighted by molar-refractivity contribution is 0.458. The maximum absolute atomic E-state index is 12.5. The zero-order chi connectivity index (χ0) is 17.2. The van der Waals surface area contributed by atoms with Gasteiger partial charge in [-0.15, -0.1) is 0 Å². The zero-order valence-corrected chi connectivity index (χ0v) is 15.0. The normalized spacial score (nSPS) is 16.3. The highest BCUT2D eigenvalue weighted by atomic mass is 35.5. The first kappa shape index (κ1) is 17.2. The van der Waals surface area contributed by atoms with E-state index in [0.29, 0.717) is 5.02 Å². The molecule has 1 fully saturated rings. The first-order valence-corrected chi connectivity index (χ1v) is 9.77. The first-order valence-electron chi connectivity index (χ1n) is 7.90. The molecular weight excluding hydrogens is 346 g/mol. The van der Waals surface area contributed by atoms with Crippen molar-refractivity contribution in [2.24, 2.45) is 0 Å². The number of benzene rings is 1. The van der Waals surface area contributed by atoms with Gasteiger partial charge in [0.2, 0.25) is 10.0 Å². The fraction of sp³-hybridized carbons (Fsp3) is 0.353. The minimum Gasteiger partial charge on any atom is -0.356 e. The second-order valence-electron chi connectivity index (χ2n) is 5.98. The van der Waals surface area contributed by atoms with E-state index in [4.69, 9.17) is 11.6 Å². The average molecular weight is 366 g/mol. The Morgan fingerprint density at radius 2 is 1.88 bits per heavy atom. The first-order chi connectivity index (χ1) is 11.4. The van der Waals surface area contributed by atoms with Crippen LogP contribution >= 0.6 is 11.6 Å². The average Bonchev–Trinajstić information content (AvgIpc) is 2.55. The predicted molar refractivity (Wildman–Crippen MR) is 96.0 cm³/mol. The van der Waals surface area contributed by atoms with Crippen molar-refractivity contribution < 1.29 is 8.42 Å². The Balaban J connectivity index is 1.63. The van der Waals surface area contributed by atoms with Crippen LogP contribution in [-0.2, 0) is 10.0 Å². The van der Waals surface area contributed by atoms with Gasteiger partial charge in [-0.05, 0) is 50.1 Å². The van der Waals surface area contributed by atoms with Crippen LogP contribution in [0.15, 0.2) is 47.4 Å². The molecule has 1 aliphatic heterocycles. The van der Waals surface area contributed by atoms with E-state index in [1.165, 1.54) is 6.07 Å². The van der Waals surface area contributed by atoms with Crippen molar-refractivity contribution in [2.45, 2.75) is 30.7 Å². The van der Waals surface area contributed by atoms with Crippen LogP contribution in [0.4, 0.5) is 5.82 Å². The number of anilines is 1. The van der Waals surface area contributed by atoms with Gasteiger partial charge >= 0.3 is 0 Å². The van der Waals surface area contributed by atoms with Gasteiger partial charge in [-0.1, -0.05) is 23.7 Å². The molecule has 0 saturated carbocycles. The molecule has 2 aromatic rings. The number of halogens is 1. The number of pyridine rings is 1. The van der Waals surface area contributed by atoms with Crippen LogP contribution in [0.2, 0.25) is 5.02 Å². The van der Waals surface area contributed by atoms with Crippen molar-refractivity contribution in [1.29, 1.82) is 0 Å². The second kappa shape index (κ2) is 7.09. The lowest BCUT2D eigenvalue weighted by Crippen LogP contribution is -2.44. The van der Waals surface area contributed by atoms with Crippen molar-refractivity contribution in [1.82, 2.24) is 9.71 Å². The number of rotatable bonds is 4. The third-order valence-corrected chi connectivity index (χ3v) is 5.87. The van der Waals surface area contributed by atoms with Crippen LogP contribution in [0.3, 0.4) is 0 Å². The van der Waals surface area contributed by atoms with Crippen molar-refractivity contribution in [3.05, 3.63) is 53.2 Å². The van der Waals surface area contributed by atoms with Gasteiger partial charge in [0.15, 0.2) is 0 Å². The van der Waals surface area contributed by atoms with E-state index in [2.05, 4.69) is 14.6 Å². The quantitative estimate of drug-likeness (QED) is 0.904. The molecule has 1 aliphatic rings. The van der Waals surface area contributed by atoms with Crippen LogP contribution < -0.4 is 9.62 Å². The Kier molecular flexibility index (Phi) is 5.08. The van der Waals surface area contributed by atoms with E-state index in [9.17, 15) is 8.42 Å². The molecule has 0 amide bonds. The predicted octanol–water partition coefficient (Wildman–Crippen LogP) is 2.99. The summed E-state index contributed by atoms with van der Waals surface area (Å²) in [4.78, 5) is 6.92. The van der Waals surface area contributed by atoms with E-state index < -0.39 is 10.0 Å². The molecule has 1 aromatic carbocycles. The SMILES string of the molecule is Cc1cccc(N2CCC(NS(=O)(=O)c3cccc(Cl)c3)CC2)n1. The zero-order valence-electron chi connectivity index (χ0n) is 13.4. The van der Waals surface area contributed by atoms with Gasteiger partial charge in [-0.25, -0.2) is 18.1 Å². The van der Waals surface area contributed by atoms with Crippen molar-refractivity contribution in [3.63, 3.8) is 0 Å². The number of nitrogens with one attached hydrogen (secondary N) is 1. The summed E-state index contributed by atoms with van der Waals surface area (Å²) in [5.41, 5.74) is 0.983. The molecule has 3 rings (SSSR count). The molecule has 0 atom stereocenters. The lowest BCUT2D eigenvalue weighted by Gasteiger charge is -2.33. The molecule has 5 nitrogen and oxygen atoms in total. The Labute approximate surface area is 147 Å². The molecule has 24 heavy (non-hydrogen) atoms. The smallest absolute Gasteiger partial charge is 0.240 e. The van der Waals surface area contributed by atoms with E-state index in [1.54, 1.807) is 18.2 Å². The molecule has 0 radical (unpaired) electrons.